The number of benzene rings is 1. The van der Waals surface area contributed by atoms with Crippen molar-refractivity contribution in [1.29, 1.82) is 5.26 Å². The molecule has 9 nitrogen and oxygen atoms in total. The van der Waals surface area contributed by atoms with E-state index in [4.69, 9.17) is 29.4 Å². The van der Waals surface area contributed by atoms with Gasteiger partial charge >= 0.3 is 12.1 Å². The average Bonchev–Trinajstić information content (AvgIpc) is 3.06. The highest BCUT2D eigenvalue weighted by Crippen LogP contribution is 2.33. The molecule has 2 atom stereocenters. The standard InChI is InChI=1S/C20H27N3O4.C2HF3O2/c1-16(24)22-12-19-6-7-20(27-19)14-23(9-11-25-15-20)13-17-2-4-18(5-3-17)26-10-8-21;3-2(4,5)1(6)7/h2-5,19H,6-7,9-15H2,1H3,(H,22,24);(H,6,7)/t19-,20-;/m1./s1. The molecule has 2 fully saturated rings. The summed E-state index contributed by atoms with van der Waals surface area (Å²) in [5, 5.41) is 18.6. The summed E-state index contributed by atoms with van der Waals surface area (Å²) in [5.74, 6) is -2.08. The van der Waals surface area contributed by atoms with Crippen LogP contribution in [0.4, 0.5) is 13.2 Å². The highest BCUT2D eigenvalue weighted by molar-refractivity contribution is 5.73. The number of nitrogens with one attached hydrogen (secondary N) is 1. The fourth-order valence-corrected chi connectivity index (χ4v) is 3.70. The number of carbonyl (C=O) groups is 2. The van der Waals surface area contributed by atoms with E-state index >= 15 is 0 Å². The van der Waals surface area contributed by atoms with Crippen molar-refractivity contribution in [3.63, 3.8) is 0 Å². The number of amides is 1. The van der Waals surface area contributed by atoms with Crippen LogP contribution in [0.5, 0.6) is 5.75 Å². The van der Waals surface area contributed by atoms with Gasteiger partial charge in [0.25, 0.3) is 0 Å². The van der Waals surface area contributed by atoms with Gasteiger partial charge in [0, 0.05) is 33.1 Å². The van der Waals surface area contributed by atoms with E-state index in [2.05, 4.69) is 10.2 Å². The van der Waals surface area contributed by atoms with Gasteiger partial charge in [-0.1, -0.05) is 12.1 Å². The van der Waals surface area contributed by atoms with Crippen LogP contribution in [0.1, 0.15) is 25.3 Å². The molecule has 1 aromatic rings. The third-order valence-electron chi connectivity index (χ3n) is 5.22. The maximum absolute atomic E-state index is 11.1. The second-order valence-electron chi connectivity index (χ2n) is 8.06. The van der Waals surface area contributed by atoms with E-state index in [9.17, 15) is 18.0 Å². The van der Waals surface area contributed by atoms with E-state index in [1.165, 1.54) is 12.5 Å². The van der Waals surface area contributed by atoms with Gasteiger partial charge < -0.3 is 24.6 Å². The third kappa shape index (κ3) is 9.17. The Bertz CT molecular complexity index is 859. The van der Waals surface area contributed by atoms with E-state index < -0.39 is 12.1 Å². The molecule has 1 spiro atoms. The zero-order valence-electron chi connectivity index (χ0n) is 18.8. The molecular formula is C22H28F3N3O6. The Kier molecular flexibility index (Phi) is 10.1. The SMILES string of the molecule is CC(=O)NC[C@H]1CC[C@@]2(COCCN(Cc3ccc(OCC#N)cc3)C2)O1.O=C(O)C(F)(F)F. The summed E-state index contributed by atoms with van der Waals surface area (Å²) in [6.07, 6.45) is -3.16. The average molecular weight is 487 g/mol. The van der Waals surface area contributed by atoms with Crippen LogP contribution in [0.3, 0.4) is 0 Å². The fourth-order valence-electron chi connectivity index (χ4n) is 3.70. The van der Waals surface area contributed by atoms with E-state index in [0.717, 1.165) is 32.5 Å². The number of ether oxygens (including phenoxy) is 3. The van der Waals surface area contributed by atoms with Crippen LogP contribution in [0, 0.1) is 11.3 Å². The van der Waals surface area contributed by atoms with Crippen LogP contribution in [0.2, 0.25) is 0 Å². The molecule has 1 aromatic carbocycles. The number of carboxylic acid groups (broad SMARTS) is 1. The van der Waals surface area contributed by atoms with E-state index in [1.54, 1.807) is 0 Å². The predicted octanol–water partition coefficient (Wildman–Crippen LogP) is 2.11. The molecule has 2 saturated heterocycles. The first-order valence-corrected chi connectivity index (χ1v) is 10.6. The molecule has 3 rings (SSSR count). The van der Waals surface area contributed by atoms with Gasteiger partial charge in [0.2, 0.25) is 5.91 Å². The minimum absolute atomic E-state index is 0.0273. The number of carbonyl (C=O) groups excluding carboxylic acids is 1. The Morgan fingerprint density at radius 3 is 2.62 bits per heavy atom. The minimum atomic E-state index is -5.08. The molecule has 2 heterocycles. The molecule has 188 valence electrons. The number of carboxylic acids is 1. The Labute approximate surface area is 195 Å². The van der Waals surface area contributed by atoms with Crippen molar-refractivity contribution in [2.24, 2.45) is 0 Å². The molecule has 0 aromatic heterocycles. The van der Waals surface area contributed by atoms with Gasteiger partial charge in [-0.15, -0.1) is 0 Å². The minimum Gasteiger partial charge on any atom is -0.479 e. The van der Waals surface area contributed by atoms with Gasteiger partial charge in [-0.2, -0.15) is 18.4 Å². The summed E-state index contributed by atoms with van der Waals surface area (Å²) in [6.45, 7) is 5.90. The zero-order valence-corrected chi connectivity index (χ0v) is 18.8. The zero-order chi connectivity index (χ0) is 25.2. The maximum atomic E-state index is 11.1. The number of nitrogens with zero attached hydrogens (tertiary/aromatic N) is 2. The van der Waals surface area contributed by atoms with Crippen molar-refractivity contribution in [2.45, 2.75) is 44.2 Å². The lowest BCUT2D eigenvalue weighted by Crippen LogP contribution is -2.45. The highest BCUT2D eigenvalue weighted by atomic mass is 19.4. The van der Waals surface area contributed by atoms with Gasteiger partial charge in [-0.3, -0.25) is 9.69 Å². The summed E-state index contributed by atoms with van der Waals surface area (Å²) >= 11 is 0. The predicted molar refractivity (Wildman–Crippen MR) is 113 cm³/mol. The molecule has 2 N–H and O–H groups in total. The number of alkyl halides is 3. The third-order valence-corrected chi connectivity index (χ3v) is 5.22. The van der Waals surface area contributed by atoms with Crippen LogP contribution < -0.4 is 10.1 Å². The Morgan fingerprint density at radius 1 is 1.35 bits per heavy atom. The summed E-state index contributed by atoms with van der Waals surface area (Å²) in [7, 11) is 0. The molecule has 1 amide bonds. The van der Waals surface area contributed by atoms with Crippen LogP contribution >= 0.6 is 0 Å². The second-order valence-corrected chi connectivity index (χ2v) is 8.06. The molecule has 0 radical (unpaired) electrons. The number of nitriles is 1. The second kappa shape index (κ2) is 12.5. The van der Waals surface area contributed by atoms with Gasteiger partial charge in [-0.05, 0) is 30.5 Å². The molecule has 2 aliphatic heterocycles. The van der Waals surface area contributed by atoms with Gasteiger partial charge in [-0.25, -0.2) is 4.79 Å². The van der Waals surface area contributed by atoms with Crippen molar-refractivity contribution in [1.82, 2.24) is 10.2 Å². The Morgan fingerprint density at radius 2 is 2.03 bits per heavy atom. The molecule has 12 heteroatoms. The first-order chi connectivity index (χ1) is 16.0. The first kappa shape index (κ1) is 27.4. The lowest BCUT2D eigenvalue weighted by atomic mass is 10.00. The molecule has 0 unspecified atom stereocenters. The molecule has 0 aliphatic carbocycles. The van der Waals surface area contributed by atoms with Crippen molar-refractivity contribution >= 4 is 11.9 Å². The van der Waals surface area contributed by atoms with E-state index in [1.807, 2.05) is 30.3 Å². The highest BCUT2D eigenvalue weighted by Gasteiger charge is 2.43. The normalized spacial score (nSPS) is 22.7. The Balaban J connectivity index is 0.000000509. The van der Waals surface area contributed by atoms with Gasteiger partial charge in [0.05, 0.1) is 19.3 Å². The monoisotopic (exact) mass is 487 g/mol. The van der Waals surface area contributed by atoms with Crippen LogP contribution in [0.15, 0.2) is 24.3 Å². The maximum Gasteiger partial charge on any atom is 0.490 e. The first-order valence-electron chi connectivity index (χ1n) is 10.6. The number of aliphatic carboxylic acids is 1. The van der Waals surface area contributed by atoms with Crippen molar-refractivity contribution in [3.05, 3.63) is 29.8 Å². The molecular weight excluding hydrogens is 459 g/mol. The summed E-state index contributed by atoms with van der Waals surface area (Å²) in [5.41, 5.74) is 0.888. The lowest BCUT2D eigenvalue weighted by molar-refractivity contribution is -0.192. The van der Waals surface area contributed by atoms with Gasteiger partial charge in [0.15, 0.2) is 6.61 Å². The topological polar surface area (TPSA) is 121 Å². The van der Waals surface area contributed by atoms with Crippen molar-refractivity contribution in [3.8, 4) is 11.8 Å². The van der Waals surface area contributed by atoms with Crippen LogP contribution in [0.25, 0.3) is 0 Å². The summed E-state index contributed by atoms with van der Waals surface area (Å²) in [4.78, 5) is 22.4. The van der Waals surface area contributed by atoms with Crippen LogP contribution in [-0.2, 0) is 25.6 Å². The van der Waals surface area contributed by atoms with E-state index in [0.29, 0.717) is 25.5 Å². The van der Waals surface area contributed by atoms with Crippen molar-refractivity contribution in [2.75, 3.05) is 39.5 Å². The summed E-state index contributed by atoms with van der Waals surface area (Å²) < 4.78 is 49.2. The van der Waals surface area contributed by atoms with E-state index in [-0.39, 0.29) is 24.2 Å². The Hall–Kier alpha value is -2.88. The number of hydrogen-bond donors (Lipinski definition) is 2. The number of halogens is 3. The lowest BCUT2D eigenvalue weighted by Gasteiger charge is -2.32. The van der Waals surface area contributed by atoms with Gasteiger partial charge in [0.1, 0.15) is 17.4 Å². The number of rotatable bonds is 6. The molecule has 34 heavy (non-hydrogen) atoms. The molecule has 0 saturated carbocycles. The molecule has 0 bridgehead atoms. The smallest absolute Gasteiger partial charge is 0.479 e. The molecule has 2 aliphatic rings. The summed E-state index contributed by atoms with van der Waals surface area (Å²) in [6, 6.07) is 9.81. The van der Waals surface area contributed by atoms with Crippen molar-refractivity contribution < 1.29 is 42.1 Å². The fraction of sp³-hybridized carbons (Fsp3) is 0.591. The largest absolute Gasteiger partial charge is 0.490 e. The quantitative estimate of drug-likeness (QED) is 0.626. The van der Waals surface area contributed by atoms with Crippen LogP contribution in [-0.4, -0.2) is 79.2 Å². The number of hydrogen-bond acceptors (Lipinski definition) is 7.